The van der Waals surface area contributed by atoms with E-state index >= 15 is 28.8 Å². The Morgan fingerprint density at radius 1 is 0.622 bits per heavy atom. The Kier molecular flexibility index (Phi) is 27.2. The van der Waals surface area contributed by atoms with Gasteiger partial charge in [-0.15, -0.1) is 0 Å². The smallest absolute Gasteiger partial charge is 0.351 e. The summed E-state index contributed by atoms with van der Waals surface area (Å²) in [6.07, 6.45) is 2.24. The predicted molar refractivity (Wildman–Crippen MR) is 364 cm³/mol. The van der Waals surface area contributed by atoms with Gasteiger partial charge in [-0.05, 0) is 112 Å². The molecule has 7 rings (SSSR count). The van der Waals surface area contributed by atoms with Gasteiger partial charge in [0.1, 0.15) is 53.9 Å². The van der Waals surface area contributed by atoms with Crippen molar-refractivity contribution >= 4 is 76.6 Å². The lowest BCUT2D eigenvalue weighted by Crippen LogP contribution is -2.65. The zero-order valence-corrected chi connectivity index (χ0v) is 60.1. The molecule has 2 aromatic rings. The Hall–Kier alpha value is -7.31. The van der Waals surface area contributed by atoms with E-state index in [9.17, 15) is 37.1 Å². The number of likely N-dealkylation sites (N-methyl/N-ethyl adjacent to an activating group) is 5. The molecule has 10 atom stereocenters. The molecule has 0 bridgehead atoms. The van der Waals surface area contributed by atoms with Crippen molar-refractivity contribution in [2.75, 3.05) is 54.9 Å². The van der Waals surface area contributed by atoms with Crippen LogP contribution in [0.2, 0.25) is 5.02 Å². The molecule has 0 radical (unpaired) electrons. The van der Waals surface area contributed by atoms with Crippen molar-refractivity contribution in [2.45, 2.75) is 237 Å². The highest BCUT2D eigenvalue weighted by atomic mass is 35.5. The first-order valence-electron chi connectivity index (χ1n) is 35.2. The first kappa shape index (κ1) is 78.0. The Morgan fingerprint density at radius 2 is 1.27 bits per heavy atom. The van der Waals surface area contributed by atoms with Gasteiger partial charge >= 0.3 is 6.18 Å². The Labute approximate surface area is 580 Å². The van der Waals surface area contributed by atoms with Crippen LogP contribution in [-0.2, 0) is 71.8 Å². The van der Waals surface area contributed by atoms with Crippen LogP contribution in [0.1, 0.15) is 174 Å². The summed E-state index contributed by atoms with van der Waals surface area (Å²) in [5.74, 6) is -7.68. The number of alkyl halides is 3. The molecule has 0 aromatic heterocycles. The number of nitrogens with zero attached hydrogens (tertiary/aromatic N) is 7. The van der Waals surface area contributed by atoms with E-state index < -0.39 is 160 Å². The molecule has 2 aliphatic carbocycles. The molecular formula is C72H105ClF3N11O11. The third kappa shape index (κ3) is 19.0. The van der Waals surface area contributed by atoms with Crippen LogP contribution in [0.15, 0.2) is 48.5 Å². The van der Waals surface area contributed by atoms with Gasteiger partial charge in [0, 0.05) is 67.2 Å². The van der Waals surface area contributed by atoms with Gasteiger partial charge in [0.15, 0.2) is 0 Å². The molecule has 4 N–H and O–H groups in total. The molecule has 26 heteroatoms. The highest BCUT2D eigenvalue weighted by Gasteiger charge is 2.51. The van der Waals surface area contributed by atoms with Gasteiger partial charge < -0.3 is 55.6 Å². The van der Waals surface area contributed by atoms with Crippen LogP contribution in [0.5, 0.6) is 0 Å². The molecular weight excluding hydrogens is 1290 g/mol. The molecule has 11 amide bonds. The average molecular weight is 1390 g/mol. The van der Waals surface area contributed by atoms with Crippen molar-refractivity contribution < 1.29 is 65.9 Å². The van der Waals surface area contributed by atoms with Crippen molar-refractivity contribution in [3.05, 3.63) is 70.2 Å². The number of hydrogen-bond acceptors (Lipinski definition) is 11. The number of carbonyl (C=O) groups excluding carboxylic acids is 11. The van der Waals surface area contributed by atoms with Crippen LogP contribution in [0.25, 0.3) is 0 Å². The number of aryl methyl sites for hydroxylation is 1. The molecule has 3 heterocycles. The second-order valence-corrected chi connectivity index (χ2v) is 29.5. The summed E-state index contributed by atoms with van der Waals surface area (Å²) in [7, 11) is 7.36. The SMILES string of the molecule is CC[C@H](C)[C@@H]1NC(=O)[C@H](CC(C)C)N(C)C(=O)C[C@@H](C)NC(=O)[C@H](C(C)C)N(C)C(=O)C2(CCCC2)NC(=O)[C@@H]2CCCN2C(=O)[C@H](CCc2ccc(C(F)(F)F)c(Cl)c2)NC(=O)CN(C)C(=O)[C@H](CC2CCCCC2)N(C)C(=O)[C@@H]2CCN2C(=O)[C@H](Cc2ccccc2)N(C)C1=O. The fraction of sp³-hybridized carbons (Fsp3) is 0.681. The van der Waals surface area contributed by atoms with Crippen molar-refractivity contribution in [1.82, 2.24) is 55.6 Å². The summed E-state index contributed by atoms with van der Waals surface area (Å²) >= 11 is 6.15. The van der Waals surface area contributed by atoms with Crippen LogP contribution in [0.3, 0.4) is 0 Å². The maximum absolute atomic E-state index is 15.3. The number of carbonyl (C=O) groups is 11. The van der Waals surface area contributed by atoms with Crippen LogP contribution < -0.4 is 21.3 Å². The minimum absolute atomic E-state index is 0.0200. The lowest BCUT2D eigenvalue weighted by atomic mass is 9.84. The van der Waals surface area contributed by atoms with E-state index in [-0.39, 0.29) is 89.1 Å². The summed E-state index contributed by atoms with van der Waals surface area (Å²) in [6, 6.07) is 2.13. The van der Waals surface area contributed by atoms with E-state index in [1.54, 1.807) is 39.8 Å². The summed E-state index contributed by atoms with van der Waals surface area (Å²) in [5, 5.41) is 11.1. The molecule has 5 aliphatic rings. The number of rotatable bonds is 12. The van der Waals surface area contributed by atoms with Crippen molar-refractivity contribution in [3.63, 3.8) is 0 Å². The van der Waals surface area contributed by atoms with Gasteiger partial charge in [-0.25, -0.2) is 0 Å². The van der Waals surface area contributed by atoms with Crippen LogP contribution in [0.4, 0.5) is 13.2 Å². The molecule has 542 valence electrons. The maximum atomic E-state index is 15.3. The number of hydrogen-bond donors (Lipinski definition) is 4. The van der Waals surface area contributed by atoms with Crippen molar-refractivity contribution in [2.24, 2.45) is 23.7 Å². The predicted octanol–water partition coefficient (Wildman–Crippen LogP) is 6.92. The van der Waals surface area contributed by atoms with E-state index in [0.29, 0.717) is 36.8 Å². The molecule has 0 unspecified atom stereocenters. The largest absolute Gasteiger partial charge is 0.417 e. The normalized spacial score (nSPS) is 27.1. The van der Waals surface area contributed by atoms with E-state index in [2.05, 4.69) is 21.3 Å². The number of halogens is 4. The quantitative estimate of drug-likeness (QED) is 0.170. The van der Waals surface area contributed by atoms with Gasteiger partial charge in [0.05, 0.1) is 17.1 Å². The summed E-state index contributed by atoms with van der Waals surface area (Å²) in [4.78, 5) is 173. The lowest BCUT2D eigenvalue weighted by Gasteiger charge is -2.46. The number of benzene rings is 2. The summed E-state index contributed by atoms with van der Waals surface area (Å²) in [5.41, 5.74) is -1.55. The van der Waals surface area contributed by atoms with Crippen LogP contribution in [-0.4, -0.2) is 214 Å². The molecule has 5 fully saturated rings. The maximum Gasteiger partial charge on any atom is 0.417 e. The molecule has 1 spiro atoms. The third-order valence-electron chi connectivity index (χ3n) is 21.0. The molecule has 2 saturated carbocycles. The standard InChI is InChI=1S/C72H105ClF3N11O11/c1-13-45(6)60-69(97)84(11)57(41-48-25-18-15-19-26-48)68(96)87-36-32-54(87)67(95)83(10)56(40-47-23-16-14-17-24-47)66(94)81(8)42-58(88)78-52(31-29-49-28-30-50(51(73)39-49)72(74,75)76)65(93)86-35-22-27-53(86)63(91)80-71(33-20-21-34-71)70(98)85(12)61(44(4)5)64(92)77-46(7)38-59(89)82(9)55(37-43(2)3)62(90)79-60/h15,18-19,25-26,28,30,39,43-47,52-57,60-61H,13-14,16-17,20-24,27,29,31-38,40-42H2,1-12H3,(H,77,92)(H,78,88)(H,79,90)(H,80,91)/t45-,46+,52-,53-,54-,55-,56-,57-,60-,61-/m0/s1. The van der Waals surface area contributed by atoms with Crippen LogP contribution in [0, 0.1) is 23.7 Å². The van der Waals surface area contributed by atoms with Gasteiger partial charge in [-0.3, -0.25) is 52.7 Å². The average Bonchev–Trinajstić information content (AvgIpc) is 0.812. The van der Waals surface area contributed by atoms with E-state index in [1.165, 1.54) is 75.6 Å². The minimum atomic E-state index is -4.75. The van der Waals surface area contributed by atoms with E-state index in [1.807, 2.05) is 39.0 Å². The van der Waals surface area contributed by atoms with Crippen molar-refractivity contribution in [3.8, 4) is 0 Å². The fourth-order valence-electron chi connectivity index (χ4n) is 14.9. The number of fused-ring (bicyclic) bond motifs is 2. The number of nitrogens with one attached hydrogen (secondary N) is 4. The third-order valence-corrected chi connectivity index (χ3v) is 21.3. The topological polar surface area (TPSA) is 259 Å². The fourth-order valence-corrected chi connectivity index (χ4v) is 15.2. The summed E-state index contributed by atoms with van der Waals surface area (Å²) in [6.45, 7) is 12.2. The summed E-state index contributed by atoms with van der Waals surface area (Å²) < 4.78 is 41.6. The second kappa shape index (κ2) is 34.2. The Bertz CT molecular complexity index is 3200. The highest BCUT2D eigenvalue weighted by molar-refractivity contribution is 6.31. The Morgan fingerprint density at radius 3 is 1.86 bits per heavy atom. The molecule has 3 aliphatic heterocycles. The molecule has 3 saturated heterocycles. The first-order valence-corrected chi connectivity index (χ1v) is 35.6. The van der Waals surface area contributed by atoms with Gasteiger partial charge in [0.25, 0.3) is 0 Å². The molecule has 2 aromatic carbocycles. The lowest BCUT2D eigenvalue weighted by molar-refractivity contribution is -0.160. The van der Waals surface area contributed by atoms with Crippen LogP contribution >= 0.6 is 11.6 Å². The van der Waals surface area contributed by atoms with Gasteiger partial charge in [0.2, 0.25) is 65.0 Å². The first-order chi connectivity index (χ1) is 46.2. The zero-order chi connectivity index (χ0) is 72.2. The van der Waals surface area contributed by atoms with Crippen molar-refractivity contribution in [1.29, 1.82) is 0 Å². The Balaban J connectivity index is 1.27. The second-order valence-electron chi connectivity index (χ2n) is 29.1. The zero-order valence-electron chi connectivity index (χ0n) is 59.3. The number of amides is 11. The molecule has 22 nitrogen and oxygen atoms in total. The van der Waals surface area contributed by atoms with Gasteiger partial charge in [-0.2, -0.15) is 13.2 Å². The molecule has 98 heavy (non-hydrogen) atoms. The monoisotopic (exact) mass is 1390 g/mol. The van der Waals surface area contributed by atoms with E-state index in [0.717, 1.165) is 44.2 Å². The van der Waals surface area contributed by atoms with E-state index in [4.69, 9.17) is 11.6 Å². The highest BCUT2D eigenvalue weighted by Crippen LogP contribution is 2.37. The van der Waals surface area contributed by atoms with Gasteiger partial charge in [-0.1, -0.05) is 141 Å². The minimum Gasteiger partial charge on any atom is -0.351 e.